The number of nitriles is 1. The lowest BCUT2D eigenvalue weighted by Crippen LogP contribution is -2.02. The normalized spacial score (nSPS) is 12.7. The highest BCUT2D eigenvalue weighted by molar-refractivity contribution is 7.13. The number of ether oxygens (including phenoxy) is 2. The number of nitrogens with zero attached hydrogens (tertiary/aromatic N) is 2. The first-order valence-electron chi connectivity index (χ1n) is 7.82. The van der Waals surface area contributed by atoms with E-state index in [0.29, 0.717) is 22.8 Å². The molecule has 0 unspecified atom stereocenters. The van der Waals surface area contributed by atoms with E-state index in [2.05, 4.69) is 4.98 Å². The minimum atomic E-state index is -0.375. The molecule has 5 nitrogen and oxygen atoms in total. The second-order valence-corrected chi connectivity index (χ2v) is 6.37. The Morgan fingerprint density at radius 3 is 2.77 bits per heavy atom. The molecule has 1 aromatic heterocycles. The molecule has 1 aliphatic heterocycles. The fraction of sp³-hybridized carbons (Fsp3) is 0.0500. The monoisotopic (exact) mass is 360 g/mol. The number of hydrogen-bond donors (Lipinski definition) is 0. The Morgan fingerprint density at radius 1 is 1.15 bits per heavy atom. The Morgan fingerprint density at radius 2 is 1.96 bits per heavy atom. The highest BCUT2D eigenvalue weighted by Gasteiger charge is 2.19. The molecule has 2 aromatic carbocycles. The lowest BCUT2D eigenvalue weighted by Gasteiger charge is -2.01. The SMILES string of the molecule is N#C/C(=C\c1csc(-c2ccccc2)n1)C(=O)c1ccc2c(c1)OCO2. The van der Waals surface area contributed by atoms with Crippen LogP contribution < -0.4 is 9.47 Å². The van der Waals surface area contributed by atoms with Gasteiger partial charge in [0.2, 0.25) is 12.6 Å². The van der Waals surface area contributed by atoms with Crippen molar-refractivity contribution in [3.8, 4) is 28.1 Å². The van der Waals surface area contributed by atoms with Crippen LogP contribution in [-0.4, -0.2) is 17.6 Å². The van der Waals surface area contributed by atoms with Crippen LogP contribution in [-0.2, 0) is 0 Å². The number of carbonyl (C=O) groups is 1. The minimum Gasteiger partial charge on any atom is -0.454 e. The minimum absolute atomic E-state index is 0.0220. The molecular formula is C20H12N2O3S. The molecule has 1 aliphatic rings. The summed E-state index contributed by atoms with van der Waals surface area (Å²) >= 11 is 1.47. The molecule has 0 saturated heterocycles. The van der Waals surface area contributed by atoms with E-state index >= 15 is 0 Å². The topological polar surface area (TPSA) is 72.2 Å². The fourth-order valence-electron chi connectivity index (χ4n) is 2.56. The van der Waals surface area contributed by atoms with Gasteiger partial charge in [0.1, 0.15) is 16.6 Å². The zero-order chi connectivity index (χ0) is 17.9. The number of aromatic nitrogens is 1. The first-order chi connectivity index (χ1) is 12.7. The van der Waals surface area contributed by atoms with Crippen molar-refractivity contribution in [3.05, 3.63) is 70.7 Å². The molecule has 0 radical (unpaired) electrons. The zero-order valence-electron chi connectivity index (χ0n) is 13.5. The molecule has 4 rings (SSSR count). The van der Waals surface area contributed by atoms with Crippen molar-refractivity contribution < 1.29 is 14.3 Å². The summed E-state index contributed by atoms with van der Waals surface area (Å²) < 4.78 is 10.5. The Kier molecular flexibility index (Phi) is 4.22. The second-order valence-electron chi connectivity index (χ2n) is 5.51. The molecular weight excluding hydrogens is 348 g/mol. The molecule has 0 saturated carbocycles. The van der Waals surface area contributed by atoms with Gasteiger partial charge in [-0.25, -0.2) is 4.98 Å². The summed E-state index contributed by atoms with van der Waals surface area (Å²) in [6.45, 7) is 0.134. The molecule has 126 valence electrons. The molecule has 6 heteroatoms. The maximum absolute atomic E-state index is 12.6. The highest BCUT2D eigenvalue weighted by Crippen LogP contribution is 2.33. The summed E-state index contributed by atoms with van der Waals surface area (Å²) in [7, 11) is 0. The molecule has 0 bridgehead atoms. The predicted molar refractivity (Wildman–Crippen MR) is 98.0 cm³/mol. The number of fused-ring (bicyclic) bond motifs is 1. The van der Waals surface area contributed by atoms with Crippen molar-refractivity contribution >= 4 is 23.2 Å². The van der Waals surface area contributed by atoms with Crippen LogP contribution in [0.25, 0.3) is 16.6 Å². The Hall–Kier alpha value is -3.43. The number of hydrogen-bond acceptors (Lipinski definition) is 6. The van der Waals surface area contributed by atoms with Crippen LogP contribution in [0.15, 0.2) is 59.5 Å². The molecule has 0 N–H and O–H groups in total. The van der Waals surface area contributed by atoms with Gasteiger partial charge in [-0.3, -0.25) is 4.79 Å². The largest absolute Gasteiger partial charge is 0.454 e. The number of ketones is 1. The van der Waals surface area contributed by atoms with Gasteiger partial charge in [-0.15, -0.1) is 11.3 Å². The number of benzene rings is 2. The number of carbonyl (C=O) groups excluding carboxylic acids is 1. The molecule has 2 heterocycles. The lowest BCUT2D eigenvalue weighted by molar-refractivity contribution is 0.103. The number of rotatable bonds is 4. The zero-order valence-corrected chi connectivity index (χ0v) is 14.3. The van der Waals surface area contributed by atoms with Crippen molar-refractivity contribution in [3.63, 3.8) is 0 Å². The molecule has 26 heavy (non-hydrogen) atoms. The van der Waals surface area contributed by atoms with E-state index in [4.69, 9.17) is 9.47 Å². The third-order valence-electron chi connectivity index (χ3n) is 3.83. The molecule has 0 atom stereocenters. The summed E-state index contributed by atoms with van der Waals surface area (Å²) in [4.78, 5) is 17.1. The molecule has 0 aliphatic carbocycles. The van der Waals surface area contributed by atoms with Crippen LogP contribution in [0.2, 0.25) is 0 Å². The van der Waals surface area contributed by atoms with Gasteiger partial charge in [0.25, 0.3) is 0 Å². The fourth-order valence-corrected chi connectivity index (χ4v) is 3.34. The smallest absolute Gasteiger partial charge is 0.231 e. The first-order valence-corrected chi connectivity index (χ1v) is 8.69. The molecule has 3 aromatic rings. The van der Waals surface area contributed by atoms with E-state index in [9.17, 15) is 10.1 Å². The second kappa shape index (κ2) is 6.82. The van der Waals surface area contributed by atoms with Gasteiger partial charge in [0, 0.05) is 16.5 Å². The summed E-state index contributed by atoms with van der Waals surface area (Å²) in [5.74, 6) is 0.726. The Balaban J connectivity index is 1.62. The van der Waals surface area contributed by atoms with Gasteiger partial charge in [-0.2, -0.15) is 5.26 Å². The van der Waals surface area contributed by atoms with Crippen molar-refractivity contribution in [2.45, 2.75) is 0 Å². The average Bonchev–Trinajstić information content (AvgIpc) is 3.35. The van der Waals surface area contributed by atoms with Crippen molar-refractivity contribution in [2.75, 3.05) is 6.79 Å². The maximum Gasteiger partial charge on any atom is 0.231 e. The predicted octanol–water partition coefficient (Wildman–Crippen LogP) is 4.33. The Labute approximate surface area is 153 Å². The summed E-state index contributed by atoms with van der Waals surface area (Å²) in [5, 5.41) is 12.1. The van der Waals surface area contributed by atoms with Crippen LogP contribution in [0.1, 0.15) is 16.1 Å². The Bertz CT molecular complexity index is 1050. The van der Waals surface area contributed by atoms with Crippen LogP contribution in [0.4, 0.5) is 0 Å². The van der Waals surface area contributed by atoms with Crippen LogP contribution in [0.3, 0.4) is 0 Å². The van der Waals surface area contributed by atoms with E-state index in [0.717, 1.165) is 10.6 Å². The maximum atomic E-state index is 12.6. The molecule has 0 spiro atoms. The van der Waals surface area contributed by atoms with Crippen molar-refractivity contribution in [2.24, 2.45) is 0 Å². The number of Topliss-reactive ketones (excluding diaryl/α,β-unsaturated/α-hetero) is 1. The summed E-state index contributed by atoms with van der Waals surface area (Å²) in [6.07, 6.45) is 1.51. The highest BCUT2D eigenvalue weighted by atomic mass is 32.1. The van der Waals surface area contributed by atoms with Gasteiger partial charge in [0.05, 0.1) is 5.69 Å². The standard InChI is InChI=1S/C20H12N2O3S/c21-10-15(19(23)14-6-7-17-18(9-14)25-12-24-17)8-16-11-26-20(22-16)13-4-2-1-3-5-13/h1-9,11H,12H2/b15-8+. The van der Waals surface area contributed by atoms with Gasteiger partial charge in [0.15, 0.2) is 11.5 Å². The van der Waals surface area contributed by atoms with Crippen molar-refractivity contribution in [1.82, 2.24) is 4.98 Å². The molecule has 0 amide bonds. The van der Waals surface area contributed by atoms with E-state index < -0.39 is 0 Å². The first kappa shape index (κ1) is 16.1. The van der Waals surface area contributed by atoms with Gasteiger partial charge >= 0.3 is 0 Å². The van der Waals surface area contributed by atoms with E-state index in [1.165, 1.54) is 17.4 Å². The van der Waals surface area contributed by atoms with Gasteiger partial charge in [-0.05, 0) is 24.3 Å². The number of allylic oxidation sites excluding steroid dienone is 1. The quantitative estimate of drug-likeness (QED) is 0.393. The van der Waals surface area contributed by atoms with Crippen LogP contribution in [0, 0.1) is 11.3 Å². The van der Waals surface area contributed by atoms with Crippen LogP contribution >= 0.6 is 11.3 Å². The van der Waals surface area contributed by atoms with E-state index in [1.54, 1.807) is 18.2 Å². The van der Waals surface area contributed by atoms with Gasteiger partial charge < -0.3 is 9.47 Å². The summed E-state index contributed by atoms with van der Waals surface area (Å²) in [6, 6.07) is 16.6. The van der Waals surface area contributed by atoms with Gasteiger partial charge in [-0.1, -0.05) is 30.3 Å². The van der Waals surface area contributed by atoms with Crippen LogP contribution in [0.5, 0.6) is 11.5 Å². The summed E-state index contributed by atoms with van der Waals surface area (Å²) in [5.41, 5.74) is 1.98. The van der Waals surface area contributed by atoms with E-state index in [-0.39, 0.29) is 18.1 Å². The molecule has 0 fully saturated rings. The third kappa shape index (κ3) is 3.08. The average molecular weight is 360 g/mol. The lowest BCUT2D eigenvalue weighted by atomic mass is 10.0. The van der Waals surface area contributed by atoms with E-state index in [1.807, 2.05) is 41.8 Å². The third-order valence-corrected chi connectivity index (χ3v) is 4.74. The number of thiazole rings is 1. The van der Waals surface area contributed by atoms with Crippen molar-refractivity contribution in [1.29, 1.82) is 5.26 Å².